The smallest absolute Gasteiger partial charge is 0.0961 e. The maximum atomic E-state index is 9.57. The Morgan fingerprint density at radius 2 is 1.76 bits per heavy atom. The molecule has 3 heteroatoms. The highest BCUT2D eigenvalue weighted by molar-refractivity contribution is 7.12. The zero-order valence-corrected chi connectivity index (χ0v) is 11.3. The van der Waals surface area contributed by atoms with Crippen LogP contribution in [0, 0.1) is 6.92 Å². The topological polar surface area (TPSA) is 33.1 Å². The third-order valence-electron chi connectivity index (χ3n) is 4.37. The van der Waals surface area contributed by atoms with E-state index < -0.39 is 0 Å². The van der Waals surface area contributed by atoms with E-state index >= 15 is 0 Å². The Morgan fingerprint density at radius 1 is 1.06 bits per heavy atom. The van der Waals surface area contributed by atoms with Crippen LogP contribution in [0.2, 0.25) is 0 Å². The number of aliphatic hydroxyl groups excluding tert-OH is 1. The molecule has 0 aliphatic heterocycles. The monoisotopic (exact) mass is 251 g/mol. The van der Waals surface area contributed by atoms with E-state index in [0.717, 1.165) is 31.6 Å². The molecule has 94 valence electrons. The van der Waals surface area contributed by atoms with Gasteiger partial charge in [0, 0.05) is 10.8 Å². The van der Waals surface area contributed by atoms with Gasteiger partial charge in [-0.15, -0.1) is 11.3 Å². The van der Waals surface area contributed by atoms with Gasteiger partial charge in [0.25, 0.3) is 0 Å². The number of rotatable bonds is 2. The summed E-state index contributed by atoms with van der Waals surface area (Å²) in [5.74, 6) is 1.44. The number of aryl methyl sites for hydroxylation is 1. The summed E-state index contributed by atoms with van der Waals surface area (Å²) in [6.07, 6.45) is 8.26. The molecule has 0 atom stereocenters. The molecule has 17 heavy (non-hydrogen) atoms. The van der Waals surface area contributed by atoms with Crippen LogP contribution in [0.3, 0.4) is 0 Å². The Hall–Kier alpha value is -0.410. The van der Waals surface area contributed by atoms with Gasteiger partial charge in [-0.2, -0.15) is 0 Å². The van der Waals surface area contributed by atoms with E-state index in [0.29, 0.717) is 5.92 Å². The van der Waals surface area contributed by atoms with Crippen LogP contribution in [0.5, 0.6) is 0 Å². The zero-order valence-electron chi connectivity index (χ0n) is 10.5. The second-order valence-corrected chi connectivity index (χ2v) is 6.70. The number of thiazole rings is 1. The van der Waals surface area contributed by atoms with E-state index in [4.69, 9.17) is 4.98 Å². The second kappa shape index (κ2) is 4.69. The average molecular weight is 251 g/mol. The molecule has 1 aromatic rings. The molecule has 0 spiro atoms. The summed E-state index contributed by atoms with van der Waals surface area (Å²) in [5, 5.41) is 11.0. The molecule has 3 rings (SSSR count). The van der Waals surface area contributed by atoms with Gasteiger partial charge in [0.2, 0.25) is 0 Å². The molecule has 0 radical (unpaired) electrons. The van der Waals surface area contributed by atoms with E-state index in [-0.39, 0.29) is 6.10 Å². The fraction of sp³-hybridized carbons (Fsp3) is 0.786. The lowest BCUT2D eigenvalue weighted by molar-refractivity contribution is 0.123. The molecule has 2 aliphatic rings. The number of aliphatic hydroxyl groups is 1. The van der Waals surface area contributed by atoms with E-state index in [1.807, 2.05) is 11.3 Å². The van der Waals surface area contributed by atoms with Gasteiger partial charge in [-0.1, -0.05) is 6.42 Å². The van der Waals surface area contributed by atoms with E-state index in [1.165, 1.54) is 34.8 Å². The number of hydrogen-bond donors (Lipinski definition) is 1. The van der Waals surface area contributed by atoms with Crippen LogP contribution in [0.1, 0.15) is 72.4 Å². The third-order valence-corrected chi connectivity index (χ3v) is 5.85. The minimum Gasteiger partial charge on any atom is -0.393 e. The number of hydrogen-bond acceptors (Lipinski definition) is 3. The summed E-state index contributed by atoms with van der Waals surface area (Å²) in [5.41, 5.74) is 1.26. The standard InChI is InChI=1S/C14H21NOS/c1-9-13(10-5-7-12(16)8-6-10)17-14(15-9)11-3-2-4-11/h10-12,16H,2-8H2,1H3. The van der Waals surface area contributed by atoms with Crippen LogP contribution in [-0.2, 0) is 0 Å². The van der Waals surface area contributed by atoms with Crippen molar-refractivity contribution >= 4 is 11.3 Å². The van der Waals surface area contributed by atoms with Crippen LogP contribution < -0.4 is 0 Å². The van der Waals surface area contributed by atoms with Gasteiger partial charge in [0.1, 0.15) is 0 Å². The van der Waals surface area contributed by atoms with Crippen LogP contribution in [0.25, 0.3) is 0 Å². The summed E-state index contributed by atoms with van der Waals surface area (Å²) in [7, 11) is 0. The Bertz CT molecular complexity index is 389. The van der Waals surface area contributed by atoms with Crippen LogP contribution in [0.4, 0.5) is 0 Å². The molecule has 2 saturated carbocycles. The van der Waals surface area contributed by atoms with E-state index in [9.17, 15) is 5.11 Å². The van der Waals surface area contributed by atoms with Crippen molar-refractivity contribution in [2.24, 2.45) is 0 Å². The first kappa shape index (κ1) is 11.7. The summed E-state index contributed by atoms with van der Waals surface area (Å²) in [6.45, 7) is 2.17. The van der Waals surface area contributed by atoms with Crippen molar-refractivity contribution in [1.82, 2.24) is 4.98 Å². The molecule has 1 heterocycles. The normalized spacial score (nSPS) is 30.2. The Kier molecular flexibility index (Phi) is 3.22. The van der Waals surface area contributed by atoms with Crippen molar-refractivity contribution in [2.45, 2.75) is 69.8 Å². The molecule has 0 bridgehead atoms. The molecular formula is C14H21NOS. The van der Waals surface area contributed by atoms with Crippen LogP contribution in [-0.4, -0.2) is 16.2 Å². The molecule has 2 aliphatic carbocycles. The minimum absolute atomic E-state index is 0.0504. The van der Waals surface area contributed by atoms with Crippen LogP contribution >= 0.6 is 11.3 Å². The maximum Gasteiger partial charge on any atom is 0.0961 e. The lowest BCUT2D eigenvalue weighted by atomic mass is 9.86. The number of nitrogens with zero attached hydrogens (tertiary/aromatic N) is 1. The van der Waals surface area contributed by atoms with Crippen molar-refractivity contribution in [2.75, 3.05) is 0 Å². The minimum atomic E-state index is -0.0504. The lowest BCUT2D eigenvalue weighted by Crippen LogP contribution is -2.16. The Morgan fingerprint density at radius 3 is 2.35 bits per heavy atom. The fourth-order valence-corrected chi connectivity index (χ4v) is 4.38. The van der Waals surface area contributed by atoms with Gasteiger partial charge in [-0.3, -0.25) is 0 Å². The first-order chi connectivity index (χ1) is 8.24. The highest BCUT2D eigenvalue weighted by Crippen LogP contribution is 2.43. The summed E-state index contributed by atoms with van der Waals surface area (Å²) in [6, 6.07) is 0. The van der Waals surface area contributed by atoms with Gasteiger partial charge < -0.3 is 5.11 Å². The quantitative estimate of drug-likeness (QED) is 0.868. The molecule has 1 aromatic heterocycles. The summed E-state index contributed by atoms with van der Waals surface area (Å²) in [4.78, 5) is 6.30. The zero-order chi connectivity index (χ0) is 11.8. The second-order valence-electron chi connectivity index (χ2n) is 5.64. The van der Waals surface area contributed by atoms with Crippen molar-refractivity contribution in [3.63, 3.8) is 0 Å². The van der Waals surface area contributed by atoms with Crippen molar-refractivity contribution in [3.8, 4) is 0 Å². The molecular weight excluding hydrogens is 230 g/mol. The van der Waals surface area contributed by atoms with E-state index in [2.05, 4.69) is 6.92 Å². The fourth-order valence-electron chi connectivity index (χ4n) is 2.98. The van der Waals surface area contributed by atoms with Crippen molar-refractivity contribution in [1.29, 1.82) is 0 Å². The first-order valence-corrected chi connectivity index (χ1v) is 7.71. The molecule has 2 nitrogen and oxygen atoms in total. The molecule has 0 aromatic carbocycles. The van der Waals surface area contributed by atoms with Crippen LogP contribution in [0.15, 0.2) is 0 Å². The van der Waals surface area contributed by atoms with Crippen molar-refractivity contribution in [3.05, 3.63) is 15.6 Å². The van der Waals surface area contributed by atoms with E-state index in [1.54, 1.807) is 0 Å². The average Bonchev–Trinajstić information content (AvgIpc) is 2.59. The van der Waals surface area contributed by atoms with Crippen molar-refractivity contribution < 1.29 is 5.11 Å². The third kappa shape index (κ3) is 2.27. The van der Waals surface area contributed by atoms with Gasteiger partial charge in [0.15, 0.2) is 0 Å². The Labute approximate surface area is 107 Å². The predicted molar refractivity (Wildman–Crippen MR) is 70.7 cm³/mol. The Balaban J connectivity index is 1.75. The van der Waals surface area contributed by atoms with Gasteiger partial charge in [-0.05, 0) is 51.4 Å². The predicted octanol–water partition coefficient (Wildman–Crippen LogP) is 3.74. The van der Waals surface area contributed by atoms with Gasteiger partial charge >= 0.3 is 0 Å². The molecule has 0 amide bonds. The highest BCUT2D eigenvalue weighted by Gasteiger charge is 2.28. The number of aromatic nitrogens is 1. The summed E-state index contributed by atoms with van der Waals surface area (Å²) < 4.78 is 0. The molecule has 2 fully saturated rings. The lowest BCUT2D eigenvalue weighted by Gasteiger charge is -2.25. The van der Waals surface area contributed by atoms with Gasteiger partial charge in [-0.25, -0.2) is 4.98 Å². The molecule has 1 N–H and O–H groups in total. The molecule has 0 unspecified atom stereocenters. The first-order valence-electron chi connectivity index (χ1n) is 6.89. The largest absolute Gasteiger partial charge is 0.393 e. The SMILES string of the molecule is Cc1nc(C2CCC2)sc1C1CCC(O)CC1. The highest BCUT2D eigenvalue weighted by atomic mass is 32.1. The van der Waals surface area contributed by atoms with Gasteiger partial charge in [0.05, 0.1) is 16.8 Å². The maximum absolute atomic E-state index is 9.57. The molecule has 0 saturated heterocycles. The summed E-state index contributed by atoms with van der Waals surface area (Å²) >= 11 is 1.96.